The van der Waals surface area contributed by atoms with E-state index in [0.717, 1.165) is 4.70 Å². The molecule has 0 aliphatic carbocycles. The molecule has 4 aromatic rings. The number of carbonyl (C=O) groups is 2. The maximum atomic E-state index is 13.2. The Morgan fingerprint density at radius 2 is 1.02 bits per heavy atom. The van der Waals surface area contributed by atoms with Crippen LogP contribution < -0.4 is 49.7 Å². The van der Waals surface area contributed by atoms with E-state index in [1.807, 2.05) is 47.6 Å². The first-order valence-corrected chi connectivity index (χ1v) is 18.1. The number of hydrogen-bond donors (Lipinski definition) is 4. The third kappa shape index (κ3) is 10.3. The zero-order chi connectivity index (χ0) is 36.9. The highest BCUT2D eigenvalue weighted by molar-refractivity contribution is 7.80. The SMILES string of the molecule is CCOc1cc(C(=O)NC(=S)Nc2ccc3nc(NC(=S)NC(=O)c4cc(OCC)c(OCC)c(OCC)c4)sc3c2)cc(OCC)c1OCC. The molecule has 0 atom stereocenters. The third-order valence-electron chi connectivity index (χ3n) is 6.66. The molecule has 0 unspecified atom stereocenters. The molecule has 0 aliphatic heterocycles. The van der Waals surface area contributed by atoms with Crippen LogP contribution in [0.5, 0.6) is 34.5 Å². The highest BCUT2D eigenvalue weighted by atomic mass is 32.1. The van der Waals surface area contributed by atoms with Crippen molar-refractivity contribution in [2.75, 3.05) is 50.3 Å². The first-order chi connectivity index (χ1) is 24.6. The summed E-state index contributed by atoms with van der Waals surface area (Å²) in [6.45, 7) is 13.4. The smallest absolute Gasteiger partial charge is 0.257 e. The van der Waals surface area contributed by atoms with Crippen LogP contribution in [0.4, 0.5) is 10.8 Å². The summed E-state index contributed by atoms with van der Waals surface area (Å²) >= 11 is 12.2. The predicted octanol–water partition coefficient (Wildman–Crippen LogP) is 6.94. The lowest BCUT2D eigenvalue weighted by Crippen LogP contribution is -2.34. The van der Waals surface area contributed by atoms with Gasteiger partial charge in [0.25, 0.3) is 11.8 Å². The van der Waals surface area contributed by atoms with Gasteiger partial charge in [0.1, 0.15) is 0 Å². The molecule has 0 radical (unpaired) electrons. The lowest BCUT2D eigenvalue weighted by atomic mass is 10.1. The fraction of sp³-hybridized carbons (Fsp3) is 0.343. The number of anilines is 2. The van der Waals surface area contributed by atoms with Gasteiger partial charge in [-0.2, -0.15) is 0 Å². The number of hydrogen-bond acceptors (Lipinski definition) is 12. The van der Waals surface area contributed by atoms with Crippen molar-refractivity contribution in [3.63, 3.8) is 0 Å². The molecule has 0 aliphatic rings. The average Bonchev–Trinajstić information content (AvgIpc) is 3.48. The summed E-state index contributed by atoms with van der Waals surface area (Å²) in [5.74, 6) is 1.55. The second-order valence-electron chi connectivity index (χ2n) is 10.2. The number of fused-ring (bicyclic) bond motifs is 1. The zero-order valence-electron chi connectivity index (χ0n) is 29.2. The van der Waals surface area contributed by atoms with Crippen LogP contribution in [-0.4, -0.2) is 66.7 Å². The number of amides is 2. The molecule has 3 aromatic carbocycles. The molecule has 13 nitrogen and oxygen atoms in total. The minimum atomic E-state index is -0.464. The normalized spacial score (nSPS) is 10.5. The van der Waals surface area contributed by atoms with E-state index in [1.54, 1.807) is 36.4 Å². The number of ether oxygens (including phenoxy) is 6. The van der Waals surface area contributed by atoms with Gasteiger partial charge in [0.15, 0.2) is 38.4 Å². The monoisotopic (exact) mass is 755 g/mol. The van der Waals surface area contributed by atoms with Gasteiger partial charge in [-0.25, -0.2) is 4.98 Å². The van der Waals surface area contributed by atoms with Gasteiger partial charge in [-0.3, -0.25) is 20.2 Å². The van der Waals surface area contributed by atoms with Crippen molar-refractivity contribution >= 4 is 78.8 Å². The number of nitrogens with zero attached hydrogens (tertiary/aromatic N) is 1. The Bertz CT molecular complexity index is 1730. The van der Waals surface area contributed by atoms with Crippen molar-refractivity contribution in [2.24, 2.45) is 0 Å². The van der Waals surface area contributed by atoms with Crippen LogP contribution in [0.1, 0.15) is 62.3 Å². The highest BCUT2D eigenvalue weighted by Gasteiger charge is 2.21. The van der Waals surface area contributed by atoms with E-state index in [0.29, 0.717) is 90.5 Å². The number of carbonyl (C=O) groups excluding carboxylic acids is 2. The van der Waals surface area contributed by atoms with Crippen LogP contribution in [0.2, 0.25) is 0 Å². The maximum absolute atomic E-state index is 13.2. The summed E-state index contributed by atoms with van der Waals surface area (Å²) in [4.78, 5) is 30.9. The Hall–Kier alpha value is -4.93. The van der Waals surface area contributed by atoms with E-state index in [4.69, 9.17) is 52.9 Å². The first-order valence-electron chi connectivity index (χ1n) is 16.4. The Balaban J connectivity index is 1.42. The summed E-state index contributed by atoms with van der Waals surface area (Å²) in [5, 5.41) is 12.0. The number of benzene rings is 3. The lowest BCUT2D eigenvalue weighted by molar-refractivity contribution is 0.0968. The van der Waals surface area contributed by atoms with E-state index >= 15 is 0 Å². The number of aromatic nitrogens is 1. The van der Waals surface area contributed by atoms with E-state index < -0.39 is 11.8 Å². The molecule has 4 rings (SSSR count). The second kappa shape index (κ2) is 18.9. The van der Waals surface area contributed by atoms with Gasteiger partial charge in [-0.15, -0.1) is 0 Å². The Kier molecular flexibility index (Phi) is 14.4. The molecule has 51 heavy (non-hydrogen) atoms. The van der Waals surface area contributed by atoms with E-state index in [9.17, 15) is 9.59 Å². The molecule has 0 bridgehead atoms. The van der Waals surface area contributed by atoms with Crippen LogP contribution in [0, 0.1) is 0 Å². The van der Waals surface area contributed by atoms with Gasteiger partial charge in [0, 0.05) is 16.8 Å². The van der Waals surface area contributed by atoms with Crippen molar-refractivity contribution in [1.82, 2.24) is 15.6 Å². The standard InChI is InChI=1S/C35H41N5O8S3/c1-7-43-24-15-20(16-25(44-8-2)29(24)47-11-5)31(41)38-33(49)36-22-13-14-23-28(19-22)51-35(37-23)40-34(50)39-32(42)21-17-26(45-9-3)30(48-12-6)27(18-21)46-10-4/h13-19H,7-12H2,1-6H3,(H2,36,38,41,49)(H2,37,39,40,42,50). The average molecular weight is 756 g/mol. The van der Waals surface area contributed by atoms with Crippen molar-refractivity contribution in [3.8, 4) is 34.5 Å². The fourth-order valence-corrected chi connectivity index (χ4v) is 6.11. The molecule has 272 valence electrons. The van der Waals surface area contributed by atoms with E-state index in [1.165, 1.54) is 11.3 Å². The molecule has 1 aromatic heterocycles. The maximum Gasteiger partial charge on any atom is 0.257 e. The van der Waals surface area contributed by atoms with Crippen molar-refractivity contribution < 1.29 is 38.0 Å². The number of nitrogens with one attached hydrogen (secondary N) is 4. The van der Waals surface area contributed by atoms with Gasteiger partial charge in [0.05, 0.1) is 49.9 Å². The molecule has 0 saturated carbocycles. The van der Waals surface area contributed by atoms with Crippen LogP contribution in [0.15, 0.2) is 42.5 Å². The summed E-state index contributed by atoms with van der Waals surface area (Å²) in [6.07, 6.45) is 0. The Morgan fingerprint density at radius 1 is 0.608 bits per heavy atom. The topological polar surface area (TPSA) is 151 Å². The molecule has 16 heteroatoms. The molecule has 2 amide bonds. The van der Waals surface area contributed by atoms with Gasteiger partial charge in [-0.1, -0.05) is 11.3 Å². The van der Waals surface area contributed by atoms with E-state index in [-0.39, 0.29) is 21.4 Å². The second-order valence-corrected chi connectivity index (χ2v) is 12.1. The van der Waals surface area contributed by atoms with Crippen LogP contribution in [0.3, 0.4) is 0 Å². The quantitative estimate of drug-likeness (QED) is 0.0876. The summed E-state index contributed by atoms with van der Waals surface area (Å²) < 4.78 is 35.1. The number of thiocarbonyl (C=S) groups is 2. The zero-order valence-corrected chi connectivity index (χ0v) is 31.7. The van der Waals surface area contributed by atoms with Crippen molar-refractivity contribution in [1.29, 1.82) is 0 Å². The highest BCUT2D eigenvalue weighted by Crippen LogP contribution is 2.40. The first kappa shape index (κ1) is 38.9. The van der Waals surface area contributed by atoms with Crippen LogP contribution in [-0.2, 0) is 0 Å². The minimum absolute atomic E-state index is 0.0559. The largest absolute Gasteiger partial charge is 0.490 e. The van der Waals surface area contributed by atoms with Gasteiger partial charge < -0.3 is 39.1 Å². The molecule has 0 spiro atoms. The fourth-order valence-electron chi connectivity index (χ4n) is 4.74. The summed E-state index contributed by atoms with van der Waals surface area (Å²) in [5.41, 5.74) is 1.89. The molecule has 0 saturated heterocycles. The molecule has 4 N–H and O–H groups in total. The molecule has 1 heterocycles. The summed E-state index contributed by atoms with van der Waals surface area (Å²) in [7, 11) is 0. The van der Waals surface area contributed by atoms with Crippen LogP contribution >= 0.6 is 35.8 Å². The van der Waals surface area contributed by atoms with Crippen molar-refractivity contribution in [3.05, 3.63) is 53.6 Å². The van der Waals surface area contributed by atoms with E-state index in [2.05, 4.69) is 26.3 Å². The minimum Gasteiger partial charge on any atom is -0.490 e. The van der Waals surface area contributed by atoms with Crippen LogP contribution in [0.25, 0.3) is 10.2 Å². The predicted molar refractivity (Wildman–Crippen MR) is 207 cm³/mol. The molecular formula is C35H41N5O8S3. The van der Waals surface area contributed by atoms with Gasteiger partial charge >= 0.3 is 0 Å². The number of thiazole rings is 1. The lowest BCUT2D eigenvalue weighted by Gasteiger charge is -2.17. The molecular weight excluding hydrogens is 715 g/mol. The Morgan fingerprint density at radius 3 is 1.43 bits per heavy atom. The van der Waals surface area contributed by atoms with Gasteiger partial charge in [-0.05, 0) is 108 Å². The van der Waals surface area contributed by atoms with Crippen molar-refractivity contribution in [2.45, 2.75) is 41.5 Å². The number of rotatable bonds is 16. The van der Waals surface area contributed by atoms with Gasteiger partial charge in [0.2, 0.25) is 11.5 Å². The summed E-state index contributed by atoms with van der Waals surface area (Å²) in [6, 6.07) is 11.8. The third-order valence-corrected chi connectivity index (χ3v) is 8.01. The Labute approximate surface area is 311 Å². The molecule has 0 fully saturated rings.